The molecular formula is C9H17N3O2. The van der Waals surface area contributed by atoms with Gasteiger partial charge in [-0.05, 0) is 12.8 Å². The molecule has 14 heavy (non-hydrogen) atoms. The Labute approximate surface area is 83.4 Å². The Kier molecular flexibility index (Phi) is 4.39. The number of hydrogen-bond acceptors (Lipinski definition) is 3. The molecule has 4 N–H and O–H groups in total. The van der Waals surface area contributed by atoms with E-state index in [2.05, 4.69) is 10.6 Å². The topological polar surface area (TPSA) is 84.2 Å². The third-order valence-corrected chi connectivity index (χ3v) is 2.07. The lowest BCUT2D eigenvalue weighted by atomic mass is 10.4. The fourth-order valence-electron chi connectivity index (χ4n) is 1.10. The van der Waals surface area contributed by atoms with Gasteiger partial charge in [0.25, 0.3) is 0 Å². The number of amides is 2. The average Bonchev–Trinajstić information content (AvgIpc) is 2.95. The van der Waals surface area contributed by atoms with Crippen molar-refractivity contribution in [2.45, 2.75) is 19.3 Å². The monoisotopic (exact) mass is 199 g/mol. The van der Waals surface area contributed by atoms with E-state index in [-0.39, 0.29) is 17.7 Å². The number of nitrogens with two attached hydrogens (primary N) is 1. The summed E-state index contributed by atoms with van der Waals surface area (Å²) in [6.07, 6.45) is 2.35. The second-order valence-corrected chi connectivity index (χ2v) is 3.45. The minimum absolute atomic E-state index is 0.0619. The zero-order chi connectivity index (χ0) is 10.4. The third kappa shape index (κ3) is 4.23. The smallest absolute Gasteiger partial charge is 0.223 e. The fraction of sp³-hybridized carbons (Fsp3) is 0.778. The van der Waals surface area contributed by atoms with Crippen LogP contribution in [0.2, 0.25) is 0 Å². The van der Waals surface area contributed by atoms with Crippen LogP contribution < -0.4 is 16.4 Å². The van der Waals surface area contributed by atoms with Crippen LogP contribution in [0.5, 0.6) is 0 Å². The molecule has 5 heteroatoms. The van der Waals surface area contributed by atoms with E-state index in [0.717, 1.165) is 12.8 Å². The average molecular weight is 199 g/mol. The first-order valence-corrected chi connectivity index (χ1v) is 4.98. The van der Waals surface area contributed by atoms with Gasteiger partial charge in [0.15, 0.2) is 0 Å². The molecule has 0 radical (unpaired) electrons. The molecule has 5 nitrogen and oxygen atoms in total. The lowest BCUT2D eigenvalue weighted by Crippen LogP contribution is -2.35. The molecule has 0 aromatic rings. The summed E-state index contributed by atoms with van der Waals surface area (Å²) in [5.74, 6) is 0.279. The van der Waals surface area contributed by atoms with E-state index < -0.39 is 0 Å². The number of rotatable bonds is 6. The van der Waals surface area contributed by atoms with E-state index in [9.17, 15) is 9.59 Å². The quantitative estimate of drug-likeness (QED) is 0.479. The Bertz CT molecular complexity index is 214. The van der Waals surface area contributed by atoms with Gasteiger partial charge in [-0.1, -0.05) is 0 Å². The lowest BCUT2D eigenvalue weighted by molar-refractivity contribution is -0.123. The number of carbonyl (C=O) groups excluding carboxylic acids is 2. The van der Waals surface area contributed by atoms with Gasteiger partial charge in [-0.15, -0.1) is 0 Å². The Hall–Kier alpha value is -1.10. The molecule has 0 aromatic carbocycles. The van der Waals surface area contributed by atoms with Gasteiger partial charge in [-0.2, -0.15) is 0 Å². The Morgan fingerprint density at radius 1 is 1.21 bits per heavy atom. The van der Waals surface area contributed by atoms with Crippen LogP contribution in [0.4, 0.5) is 0 Å². The molecule has 0 aromatic heterocycles. The third-order valence-electron chi connectivity index (χ3n) is 2.07. The minimum atomic E-state index is -0.0619. The maximum absolute atomic E-state index is 11.1. The van der Waals surface area contributed by atoms with E-state index in [1.54, 1.807) is 0 Å². The Balaban J connectivity index is 1.93. The van der Waals surface area contributed by atoms with Gasteiger partial charge in [0.1, 0.15) is 0 Å². The fourth-order valence-corrected chi connectivity index (χ4v) is 1.10. The minimum Gasteiger partial charge on any atom is -0.354 e. The molecule has 1 rings (SSSR count). The first-order chi connectivity index (χ1) is 6.74. The predicted octanol–water partition coefficient (Wildman–Crippen LogP) is -1.02. The van der Waals surface area contributed by atoms with Crippen LogP contribution in [0.15, 0.2) is 0 Å². The first kappa shape index (κ1) is 11.0. The summed E-state index contributed by atoms with van der Waals surface area (Å²) in [6.45, 7) is 1.35. The van der Waals surface area contributed by atoms with Crippen LogP contribution in [-0.2, 0) is 9.59 Å². The molecule has 1 saturated carbocycles. The number of carbonyl (C=O) groups is 2. The summed E-state index contributed by atoms with van der Waals surface area (Å²) >= 11 is 0. The van der Waals surface area contributed by atoms with Gasteiger partial charge in [-0.25, -0.2) is 0 Å². The highest BCUT2D eigenvalue weighted by Crippen LogP contribution is 2.28. The molecule has 0 heterocycles. The van der Waals surface area contributed by atoms with Crippen molar-refractivity contribution in [3.05, 3.63) is 0 Å². The summed E-state index contributed by atoms with van der Waals surface area (Å²) in [5.41, 5.74) is 5.20. The molecule has 1 aliphatic rings. The van der Waals surface area contributed by atoms with Crippen LogP contribution in [0.25, 0.3) is 0 Å². The van der Waals surface area contributed by atoms with E-state index >= 15 is 0 Å². The van der Waals surface area contributed by atoms with Crippen LogP contribution in [0.3, 0.4) is 0 Å². The molecule has 0 bridgehead atoms. The summed E-state index contributed by atoms with van der Waals surface area (Å²) in [7, 11) is 0. The van der Waals surface area contributed by atoms with Crippen LogP contribution in [-0.4, -0.2) is 31.4 Å². The zero-order valence-electron chi connectivity index (χ0n) is 8.21. The maximum atomic E-state index is 11.1. The van der Waals surface area contributed by atoms with E-state index in [1.165, 1.54) is 0 Å². The van der Waals surface area contributed by atoms with Gasteiger partial charge >= 0.3 is 0 Å². The molecule has 0 atom stereocenters. The van der Waals surface area contributed by atoms with Crippen molar-refractivity contribution >= 4 is 11.8 Å². The van der Waals surface area contributed by atoms with Gasteiger partial charge in [0, 0.05) is 32.0 Å². The van der Waals surface area contributed by atoms with Crippen molar-refractivity contribution in [3.63, 3.8) is 0 Å². The Morgan fingerprint density at radius 3 is 2.43 bits per heavy atom. The lowest BCUT2D eigenvalue weighted by Gasteiger charge is -2.05. The largest absolute Gasteiger partial charge is 0.354 e. The molecular weight excluding hydrogens is 182 g/mol. The van der Waals surface area contributed by atoms with Gasteiger partial charge in [0.2, 0.25) is 11.8 Å². The van der Waals surface area contributed by atoms with E-state index in [1.807, 2.05) is 0 Å². The van der Waals surface area contributed by atoms with Crippen molar-refractivity contribution < 1.29 is 9.59 Å². The van der Waals surface area contributed by atoms with Crippen molar-refractivity contribution in [2.24, 2.45) is 11.7 Å². The number of hydrogen-bond donors (Lipinski definition) is 3. The molecule has 2 amide bonds. The van der Waals surface area contributed by atoms with Crippen molar-refractivity contribution in [1.82, 2.24) is 10.6 Å². The highest BCUT2D eigenvalue weighted by atomic mass is 16.2. The second-order valence-electron chi connectivity index (χ2n) is 3.45. The maximum Gasteiger partial charge on any atom is 0.223 e. The zero-order valence-corrected chi connectivity index (χ0v) is 8.21. The highest BCUT2D eigenvalue weighted by Gasteiger charge is 2.28. The van der Waals surface area contributed by atoms with E-state index in [0.29, 0.717) is 26.1 Å². The van der Waals surface area contributed by atoms with E-state index in [4.69, 9.17) is 5.73 Å². The summed E-state index contributed by atoms with van der Waals surface area (Å²) in [4.78, 5) is 22.1. The second kappa shape index (κ2) is 5.59. The first-order valence-electron chi connectivity index (χ1n) is 4.98. The normalized spacial score (nSPS) is 14.9. The predicted molar refractivity (Wildman–Crippen MR) is 52.4 cm³/mol. The van der Waals surface area contributed by atoms with Gasteiger partial charge in [0.05, 0.1) is 0 Å². The molecule has 1 fully saturated rings. The van der Waals surface area contributed by atoms with Crippen molar-refractivity contribution in [2.75, 3.05) is 19.6 Å². The molecule has 0 aliphatic heterocycles. The van der Waals surface area contributed by atoms with Crippen LogP contribution in [0, 0.1) is 5.92 Å². The van der Waals surface area contributed by atoms with Crippen LogP contribution in [0.1, 0.15) is 19.3 Å². The summed E-state index contributed by atoms with van der Waals surface area (Å²) in [5, 5.41) is 5.42. The molecule has 0 unspecified atom stereocenters. The van der Waals surface area contributed by atoms with Crippen molar-refractivity contribution in [3.8, 4) is 0 Å². The highest BCUT2D eigenvalue weighted by molar-refractivity contribution is 5.81. The molecule has 0 saturated heterocycles. The number of nitrogens with one attached hydrogen (secondary N) is 2. The SMILES string of the molecule is NCCC(=O)NCCNC(=O)C1CC1. The Morgan fingerprint density at radius 2 is 1.86 bits per heavy atom. The molecule has 80 valence electrons. The standard InChI is InChI=1S/C9H17N3O2/c10-4-3-8(13)11-5-6-12-9(14)7-1-2-7/h7H,1-6,10H2,(H,11,13)(H,12,14). The summed E-state index contributed by atoms with van der Waals surface area (Å²) in [6, 6.07) is 0. The summed E-state index contributed by atoms with van der Waals surface area (Å²) < 4.78 is 0. The molecule has 1 aliphatic carbocycles. The molecule has 0 spiro atoms. The van der Waals surface area contributed by atoms with Crippen LogP contribution >= 0.6 is 0 Å². The van der Waals surface area contributed by atoms with Crippen molar-refractivity contribution in [1.29, 1.82) is 0 Å². The van der Waals surface area contributed by atoms with Gasteiger partial charge in [-0.3, -0.25) is 9.59 Å². The van der Waals surface area contributed by atoms with Gasteiger partial charge < -0.3 is 16.4 Å².